The number of nitrogens with one attached hydrogen (secondary N) is 1. The zero-order valence-corrected chi connectivity index (χ0v) is 14.1. The van der Waals surface area contributed by atoms with Gasteiger partial charge in [-0.25, -0.2) is 9.97 Å². The van der Waals surface area contributed by atoms with Crippen molar-refractivity contribution in [1.29, 1.82) is 0 Å². The number of hydrogen-bond acceptors (Lipinski definition) is 5. The fourth-order valence-corrected chi connectivity index (χ4v) is 3.18. The van der Waals surface area contributed by atoms with Gasteiger partial charge in [-0.2, -0.15) is 0 Å². The third kappa shape index (κ3) is 3.17. The van der Waals surface area contributed by atoms with E-state index in [1.165, 1.54) is 6.33 Å². The maximum Gasteiger partial charge on any atom is 0.243 e. The number of fused-ring (bicyclic) bond motifs is 1. The molecule has 0 spiro atoms. The van der Waals surface area contributed by atoms with Gasteiger partial charge in [0.2, 0.25) is 5.91 Å². The molecule has 5 nitrogen and oxygen atoms in total. The summed E-state index contributed by atoms with van der Waals surface area (Å²) in [5.74, 6) is 0.704. The number of rotatable bonds is 4. The first-order valence-corrected chi connectivity index (χ1v) is 8.19. The summed E-state index contributed by atoms with van der Waals surface area (Å²) in [6.07, 6.45) is 1.53. The SMILES string of the molecule is Cc1cccc(NC(=O)CN(C)c2ncnc3sccc23)c1C. The third-order valence-corrected chi connectivity index (χ3v) is 4.68. The van der Waals surface area contributed by atoms with Gasteiger partial charge in [0.05, 0.1) is 11.9 Å². The maximum absolute atomic E-state index is 12.3. The number of anilines is 2. The molecule has 0 aliphatic rings. The molecule has 0 bridgehead atoms. The van der Waals surface area contributed by atoms with Crippen molar-refractivity contribution in [2.75, 3.05) is 23.8 Å². The number of carbonyl (C=O) groups excluding carboxylic acids is 1. The summed E-state index contributed by atoms with van der Waals surface area (Å²) in [4.78, 5) is 23.7. The van der Waals surface area contributed by atoms with Crippen LogP contribution in [0, 0.1) is 13.8 Å². The zero-order chi connectivity index (χ0) is 16.4. The summed E-state index contributed by atoms with van der Waals surface area (Å²) < 4.78 is 0. The van der Waals surface area contributed by atoms with E-state index in [1.54, 1.807) is 11.3 Å². The van der Waals surface area contributed by atoms with Crippen molar-refractivity contribution in [1.82, 2.24) is 9.97 Å². The fourth-order valence-electron chi connectivity index (χ4n) is 2.45. The lowest BCUT2D eigenvalue weighted by molar-refractivity contribution is -0.114. The Kier molecular flexibility index (Phi) is 4.25. The molecule has 2 heterocycles. The van der Waals surface area contributed by atoms with Gasteiger partial charge in [-0.1, -0.05) is 12.1 Å². The van der Waals surface area contributed by atoms with Gasteiger partial charge in [-0.05, 0) is 42.5 Å². The zero-order valence-electron chi connectivity index (χ0n) is 13.3. The Morgan fingerprint density at radius 3 is 2.91 bits per heavy atom. The van der Waals surface area contributed by atoms with Crippen molar-refractivity contribution in [3.63, 3.8) is 0 Å². The molecule has 1 amide bonds. The van der Waals surface area contributed by atoms with Gasteiger partial charge in [0, 0.05) is 12.7 Å². The second-order valence-corrected chi connectivity index (χ2v) is 6.38. The molecule has 0 saturated heterocycles. The second kappa shape index (κ2) is 6.34. The second-order valence-electron chi connectivity index (χ2n) is 5.49. The van der Waals surface area contributed by atoms with E-state index in [2.05, 4.69) is 15.3 Å². The summed E-state index contributed by atoms with van der Waals surface area (Å²) in [7, 11) is 1.86. The van der Waals surface area contributed by atoms with Crippen LogP contribution in [0.25, 0.3) is 10.2 Å². The normalized spacial score (nSPS) is 10.7. The highest BCUT2D eigenvalue weighted by Crippen LogP contribution is 2.26. The quantitative estimate of drug-likeness (QED) is 0.798. The van der Waals surface area contributed by atoms with Gasteiger partial charge in [-0.3, -0.25) is 4.79 Å². The van der Waals surface area contributed by atoms with E-state index in [4.69, 9.17) is 0 Å². The van der Waals surface area contributed by atoms with Crippen molar-refractivity contribution >= 4 is 39.0 Å². The lowest BCUT2D eigenvalue weighted by Gasteiger charge is -2.19. The molecule has 2 aromatic heterocycles. The van der Waals surface area contributed by atoms with Crippen LogP contribution in [-0.4, -0.2) is 29.5 Å². The van der Waals surface area contributed by atoms with Crippen molar-refractivity contribution in [3.05, 3.63) is 47.1 Å². The maximum atomic E-state index is 12.3. The summed E-state index contributed by atoms with van der Waals surface area (Å²) in [6, 6.07) is 7.88. The molecule has 3 rings (SSSR count). The molecule has 1 aromatic carbocycles. The molecule has 118 valence electrons. The number of nitrogens with zero attached hydrogens (tertiary/aromatic N) is 3. The Morgan fingerprint density at radius 1 is 1.26 bits per heavy atom. The predicted octanol–water partition coefficient (Wildman–Crippen LogP) is 3.38. The van der Waals surface area contributed by atoms with Gasteiger partial charge in [0.25, 0.3) is 0 Å². The van der Waals surface area contributed by atoms with Crippen molar-refractivity contribution in [3.8, 4) is 0 Å². The van der Waals surface area contributed by atoms with E-state index in [0.29, 0.717) is 0 Å². The Labute approximate surface area is 139 Å². The van der Waals surface area contributed by atoms with Crippen LogP contribution in [0.1, 0.15) is 11.1 Å². The highest BCUT2D eigenvalue weighted by molar-refractivity contribution is 7.16. The fraction of sp³-hybridized carbons (Fsp3) is 0.235. The number of aryl methyl sites for hydroxylation is 1. The molecule has 23 heavy (non-hydrogen) atoms. The lowest BCUT2D eigenvalue weighted by Crippen LogP contribution is -2.31. The van der Waals surface area contributed by atoms with Crippen molar-refractivity contribution in [2.45, 2.75) is 13.8 Å². The minimum absolute atomic E-state index is 0.0665. The molecule has 0 atom stereocenters. The number of hydrogen-bond donors (Lipinski definition) is 1. The van der Waals surface area contributed by atoms with Gasteiger partial charge >= 0.3 is 0 Å². The van der Waals surface area contributed by atoms with Gasteiger partial charge in [-0.15, -0.1) is 11.3 Å². The lowest BCUT2D eigenvalue weighted by atomic mass is 10.1. The molecule has 0 fully saturated rings. The highest BCUT2D eigenvalue weighted by atomic mass is 32.1. The van der Waals surface area contributed by atoms with E-state index in [9.17, 15) is 4.79 Å². The van der Waals surface area contributed by atoms with Crippen molar-refractivity contribution < 1.29 is 4.79 Å². The minimum atomic E-state index is -0.0665. The number of aromatic nitrogens is 2. The van der Waals surface area contributed by atoms with E-state index in [0.717, 1.165) is 32.8 Å². The average molecular weight is 326 g/mol. The van der Waals surface area contributed by atoms with Crippen LogP contribution < -0.4 is 10.2 Å². The molecule has 0 aliphatic heterocycles. The van der Waals surface area contributed by atoms with Crippen LogP contribution in [0.5, 0.6) is 0 Å². The average Bonchev–Trinajstić information content (AvgIpc) is 3.00. The third-order valence-electron chi connectivity index (χ3n) is 3.86. The van der Waals surface area contributed by atoms with Crippen LogP contribution in [0.2, 0.25) is 0 Å². The summed E-state index contributed by atoms with van der Waals surface area (Å²) in [5.41, 5.74) is 3.10. The van der Waals surface area contributed by atoms with Gasteiger partial charge in [0.1, 0.15) is 17.0 Å². The summed E-state index contributed by atoms with van der Waals surface area (Å²) in [6.45, 7) is 4.27. The van der Waals surface area contributed by atoms with E-state index in [1.807, 2.05) is 55.4 Å². The summed E-state index contributed by atoms with van der Waals surface area (Å²) >= 11 is 1.57. The highest BCUT2D eigenvalue weighted by Gasteiger charge is 2.13. The molecule has 0 radical (unpaired) electrons. The van der Waals surface area contributed by atoms with Crippen LogP contribution in [0.3, 0.4) is 0 Å². The van der Waals surface area contributed by atoms with Gasteiger partial charge < -0.3 is 10.2 Å². The molecular weight excluding hydrogens is 308 g/mol. The van der Waals surface area contributed by atoms with Crippen LogP contribution in [0.4, 0.5) is 11.5 Å². The van der Waals surface area contributed by atoms with Crippen LogP contribution in [-0.2, 0) is 4.79 Å². The molecule has 6 heteroatoms. The first-order valence-electron chi connectivity index (χ1n) is 7.31. The Hall–Kier alpha value is -2.47. The topological polar surface area (TPSA) is 58.1 Å². The number of carbonyl (C=O) groups is 1. The standard InChI is InChI=1S/C17H18N4OS/c1-11-5-4-6-14(12(11)2)20-15(22)9-21(3)16-13-7-8-23-17(13)19-10-18-16/h4-8,10H,9H2,1-3H3,(H,20,22). The molecule has 0 aliphatic carbocycles. The van der Waals surface area contributed by atoms with E-state index >= 15 is 0 Å². The van der Waals surface area contributed by atoms with Crippen LogP contribution in [0.15, 0.2) is 36.0 Å². The minimum Gasteiger partial charge on any atom is -0.350 e. The molecule has 3 aromatic rings. The first kappa shape index (κ1) is 15.4. The number of likely N-dealkylation sites (N-methyl/N-ethyl adjacent to an activating group) is 1. The smallest absolute Gasteiger partial charge is 0.243 e. The molecule has 1 N–H and O–H groups in total. The number of amides is 1. The monoisotopic (exact) mass is 326 g/mol. The molecular formula is C17H18N4OS. The largest absolute Gasteiger partial charge is 0.350 e. The first-order chi connectivity index (χ1) is 11.1. The summed E-state index contributed by atoms with van der Waals surface area (Å²) in [5, 5.41) is 5.92. The molecule has 0 unspecified atom stereocenters. The van der Waals surface area contributed by atoms with E-state index in [-0.39, 0.29) is 12.5 Å². The van der Waals surface area contributed by atoms with Crippen molar-refractivity contribution in [2.24, 2.45) is 0 Å². The Balaban J connectivity index is 1.75. The van der Waals surface area contributed by atoms with Gasteiger partial charge in [0.15, 0.2) is 0 Å². The van der Waals surface area contributed by atoms with Crippen LogP contribution >= 0.6 is 11.3 Å². The predicted molar refractivity (Wildman–Crippen MR) is 95.2 cm³/mol. The Morgan fingerprint density at radius 2 is 2.09 bits per heavy atom. The number of benzene rings is 1. The van der Waals surface area contributed by atoms with E-state index < -0.39 is 0 Å². The Bertz CT molecular complexity index is 859. The molecule has 0 saturated carbocycles. The number of thiophene rings is 1.